The molecule has 0 heterocycles. The number of primary amides is 1. The lowest BCUT2D eigenvalue weighted by Crippen LogP contribution is -2.24. The van der Waals surface area contributed by atoms with Crippen LogP contribution in [0.3, 0.4) is 0 Å². The van der Waals surface area contributed by atoms with Crippen molar-refractivity contribution in [1.82, 2.24) is 5.43 Å². The van der Waals surface area contributed by atoms with Crippen molar-refractivity contribution in [3.05, 3.63) is 57.6 Å². The summed E-state index contributed by atoms with van der Waals surface area (Å²) in [5, 5.41) is 4.22. The van der Waals surface area contributed by atoms with Crippen LogP contribution in [0.2, 0.25) is 10.0 Å². The third-order valence-electron chi connectivity index (χ3n) is 2.93. The van der Waals surface area contributed by atoms with Gasteiger partial charge in [0.25, 0.3) is 0 Å². The van der Waals surface area contributed by atoms with Gasteiger partial charge in [-0.25, -0.2) is 15.0 Å². The molecule has 0 atom stereocenters. The average molecular weight is 382 g/mol. The molecule has 2 aromatic rings. The number of rotatable bonds is 5. The van der Waals surface area contributed by atoms with Crippen LogP contribution in [-0.4, -0.2) is 25.3 Å². The lowest BCUT2D eigenvalue weighted by Gasteiger charge is -2.10. The number of hydrazone groups is 1. The Morgan fingerprint density at radius 2 is 1.92 bits per heavy atom. The van der Waals surface area contributed by atoms with Crippen molar-refractivity contribution in [1.29, 1.82) is 0 Å². The second kappa shape index (κ2) is 8.36. The van der Waals surface area contributed by atoms with Gasteiger partial charge in [0, 0.05) is 5.02 Å². The highest BCUT2D eigenvalue weighted by Gasteiger charge is 2.16. The zero-order valence-corrected chi connectivity index (χ0v) is 14.5. The third kappa shape index (κ3) is 5.10. The first-order valence-corrected chi connectivity index (χ1v) is 7.60. The van der Waals surface area contributed by atoms with Crippen LogP contribution in [0.5, 0.6) is 11.5 Å². The molecule has 0 aromatic heterocycles. The van der Waals surface area contributed by atoms with Crippen molar-refractivity contribution in [2.75, 3.05) is 7.11 Å². The maximum atomic E-state index is 12.3. The molecule has 2 aromatic carbocycles. The fourth-order valence-corrected chi connectivity index (χ4v) is 2.31. The van der Waals surface area contributed by atoms with E-state index in [1.807, 2.05) is 0 Å². The summed E-state index contributed by atoms with van der Waals surface area (Å²) >= 11 is 11.8. The van der Waals surface area contributed by atoms with E-state index in [2.05, 4.69) is 10.5 Å². The summed E-state index contributed by atoms with van der Waals surface area (Å²) in [5.41, 5.74) is 7.73. The molecule has 130 valence electrons. The SMILES string of the molecule is COc1cc(/C=N\NC(N)=O)ccc1OC(=O)c1ccc(Cl)cc1Cl. The Bertz CT molecular complexity index is 840. The van der Waals surface area contributed by atoms with Crippen LogP contribution in [0.4, 0.5) is 4.79 Å². The van der Waals surface area contributed by atoms with Crippen LogP contribution < -0.4 is 20.6 Å². The van der Waals surface area contributed by atoms with E-state index in [-0.39, 0.29) is 16.3 Å². The molecular weight excluding hydrogens is 369 g/mol. The fraction of sp³-hybridized carbons (Fsp3) is 0.0625. The molecule has 0 aliphatic rings. The van der Waals surface area contributed by atoms with Crippen molar-refractivity contribution >= 4 is 41.4 Å². The van der Waals surface area contributed by atoms with Gasteiger partial charge in [-0.05, 0) is 42.0 Å². The summed E-state index contributed by atoms with van der Waals surface area (Å²) in [6, 6.07) is 8.37. The summed E-state index contributed by atoms with van der Waals surface area (Å²) < 4.78 is 10.5. The lowest BCUT2D eigenvalue weighted by atomic mass is 10.2. The first kappa shape index (κ1) is 18.6. The maximum absolute atomic E-state index is 12.3. The zero-order valence-electron chi connectivity index (χ0n) is 13.0. The van der Waals surface area contributed by atoms with Crippen LogP contribution in [0.1, 0.15) is 15.9 Å². The molecule has 0 aliphatic heterocycles. The molecular formula is C16H13Cl2N3O4. The predicted octanol–water partition coefficient (Wildman–Crippen LogP) is 3.22. The van der Waals surface area contributed by atoms with Crippen LogP contribution in [0.15, 0.2) is 41.5 Å². The normalized spacial score (nSPS) is 10.5. The van der Waals surface area contributed by atoms with E-state index in [9.17, 15) is 9.59 Å². The minimum Gasteiger partial charge on any atom is -0.493 e. The number of benzene rings is 2. The number of nitrogens with one attached hydrogen (secondary N) is 1. The Balaban J connectivity index is 2.20. The van der Waals surface area contributed by atoms with Gasteiger partial charge in [-0.15, -0.1) is 0 Å². The topological polar surface area (TPSA) is 103 Å². The van der Waals surface area contributed by atoms with Gasteiger partial charge in [0.05, 0.1) is 23.9 Å². The summed E-state index contributed by atoms with van der Waals surface area (Å²) in [6.07, 6.45) is 1.36. The minimum atomic E-state index is -0.784. The van der Waals surface area contributed by atoms with E-state index in [4.69, 9.17) is 38.4 Å². The van der Waals surface area contributed by atoms with Gasteiger partial charge >= 0.3 is 12.0 Å². The van der Waals surface area contributed by atoms with Crippen molar-refractivity contribution in [2.24, 2.45) is 10.8 Å². The van der Waals surface area contributed by atoms with Gasteiger partial charge in [0.2, 0.25) is 0 Å². The van der Waals surface area contributed by atoms with Gasteiger partial charge in [-0.3, -0.25) is 0 Å². The molecule has 0 unspecified atom stereocenters. The van der Waals surface area contributed by atoms with Gasteiger partial charge in [-0.2, -0.15) is 5.10 Å². The number of carbonyl (C=O) groups excluding carboxylic acids is 2. The van der Waals surface area contributed by atoms with Crippen molar-refractivity contribution in [3.8, 4) is 11.5 Å². The molecule has 0 bridgehead atoms. The number of urea groups is 1. The second-order valence-corrected chi connectivity index (χ2v) is 5.50. The molecule has 7 nitrogen and oxygen atoms in total. The van der Waals surface area contributed by atoms with E-state index in [1.54, 1.807) is 12.1 Å². The summed E-state index contributed by atoms with van der Waals surface area (Å²) in [6.45, 7) is 0. The van der Waals surface area contributed by atoms with Gasteiger partial charge in [0.15, 0.2) is 11.5 Å². The molecule has 25 heavy (non-hydrogen) atoms. The number of carbonyl (C=O) groups is 2. The monoisotopic (exact) mass is 381 g/mol. The smallest absolute Gasteiger partial charge is 0.345 e. The highest BCUT2D eigenvalue weighted by atomic mass is 35.5. The summed E-state index contributed by atoms with van der Waals surface area (Å²) in [4.78, 5) is 22.8. The number of hydrogen-bond donors (Lipinski definition) is 2. The van der Waals surface area contributed by atoms with Gasteiger partial charge in [-0.1, -0.05) is 23.2 Å². The Kier molecular flexibility index (Phi) is 6.21. The predicted molar refractivity (Wildman–Crippen MR) is 94.7 cm³/mol. The number of hydrogen-bond acceptors (Lipinski definition) is 5. The molecule has 0 radical (unpaired) electrons. The fourth-order valence-electron chi connectivity index (χ4n) is 1.83. The molecule has 0 aliphatic carbocycles. The van der Waals surface area contributed by atoms with Crippen molar-refractivity contribution in [3.63, 3.8) is 0 Å². The van der Waals surface area contributed by atoms with Gasteiger partial charge < -0.3 is 15.2 Å². The number of halogens is 2. The number of amides is 2. The Morgan fingerprint density at radius 3 is 2.56 bits per heavy atom. The third-order valence-corrected chi connectivity index (χ3v) is 3.48. The number of nitrogens with two attached hydrogens (primary N) is 1. The molecule has 2 rings (SSSR count). The van der Waals surface area contributed by atoms with E-state index in [0.29, 0.717) is 16.3 Å². The quantitative estimate of drug-likeness (QED) is 0.359. The van der Waals surface area contributed by atoms with Crippen molar-refractivity contribution in [2.45, 2.75) is 0 Å². The summed E-state index contributed by atoms with van der Waals surface area (Å²) in [7, 11) is 1.42. The number of methoxy groups -OCH3 is 1. The van der Waals surface area contributed by atoms with E-state index in [1.165, 1.54) is 37.6 Å². The van der Waals surface area contributed by atoms with E-state index < -0.39 is 12.0 Å². The highest BCUT2D eigenvalue weighted by Crippen LogP contribution is 2.29. The summed E-state index contributed by atoms with van der Waals surface area (Å²) in [5.74, 6) is -0.170. The molecule has 0 fully saturated rings. The Hall–Kier alpha value is -2.77. The molecule has 0 spiro atoms. The number of esters is 1. The van der Waals surface area contributed by atoms with Crippen LogP contribution in [0.25, 0.3) is 0 Å². The molecule has 0 saturated heterocycles. The lowest BCUT2D eigenvalue weighted by molar-refractivity contribution is 0.0730. The molecule has 3 N–H and O–H groups in total. The number of nitrogens with zero attached hydrogens (tertiary/aromatic N) is 1. The first-order valence-electron chi connectivity index (χ1n) is 6.84. The van der Waals surface area contributed by atoms with Crippen molar-refractivity contribution < 1.29 is 19.1 Å². The maximum Gasteiger partial charge on any atom is 0.345 e. The largest absolute Gasteiger partial charge is 0.493 e. The molecule has 0 saturated carbocycles. The van der Waals surface area contributed by atoms with Gasteiger partial charge in [0.1, 0.15) is 0 Å². The van der Waals surface area contributed by atoms with Crippen LogP contribution in [0, 0.1) is 0 Å². The Labute approximate surface area is 153 Å². The minimum absolute atomic E-state index is 0.171. The molecule has 9 heteroatoms. The average Bonchev–Trinajstić information content (AvgIpc) is 2.55. The Morgan fingerprint density at radius 1 is 1.16 bits per heavy atom. The van der Waals surface area contributed by atoms with Crippen LogP contribution in [-0.2, 0) is 0 Å². The first-order chi connectivity index (χ1) is 11.9. The van der Waals surface area contributed by atoms with E-state index in [0.717, 1.165) is 0 Å². The second-order valence-electron chi connectivity index (χ2n) is 4.66. The molecule has 2 amide bonds. The standard InChI is InChI=1S/C16H13Cl2N3O4/c1-24-14-6-9(8-20-21-16(19)23)2-5-13(14)25-15(22)11-4-3-10(17)7-12(11)18/h2-8H,1H3,(H3,19,21,23)/b20-8-. The highest BCUT2D eigenvalue weighted by molar-refractivity contribution is 6.36. The zero-order chi connectivity index (χ0) is 18.4. The van der Waals surface area contributed by atoms with Crippen LogP contribution >= 0.6 is 23.2 Å². The van der Waals surface area contributed by atoms with E-state index >= 15 is 0 Å². The number of ether oxygens (including phenoxy) is 2.